The van der Waals surface area contributed by atoms with Crippen LogP contribution in [0.1, 0.15) is 23.2 Å². The van der Waals surface area contributed by atoms with Crippen LogP contribution in [0.4, 0.5) is 0 Å². The van der Waals surface area contributed by atoms with Gasteiger partial charge in [0.25, 0.3) is 5.91 Å². The smallest absolute Gasteiger partial charge is 0.254 e. The molecule has 0 aliphatic carbocycles. The number of nitrogens with two attached hydrogens (primary N) is 1. The Balaban J connectivity index is 1.79. The number of rotatable bonds is 3. The third kappa shape index (κ3) is 2.30. The first-order valence-electron chi connectivity index (χ1n) is 6.75. The molecule has 1 aromatic heterocycles. The van der Waals surface area contributed by atoms with Crippen molar-refractivity contribution >= 4 is 5.91 Å². The molecule has 0 radical (unpaired) electrons. The van der Waals surface area contributed by atoms with E-state index >= 15 is 0 Å². The molecule has 6 heteroatoms. The van der Waals surface area contributed by atoms with Gasteiger partial charge in [-0.3, -0.25) is 9.36 Å². The molecule has 20 heavy (non-hydrogen) atoms. The number of amides is 1. The van der Waals surface area contributed by atoms with Crippen molar-refractivity contribution in [3.05, 3.63) is 42.5 Å². The highest BCUT2D eigenvalue weighted by atomic mass is 16.2. The molecule has 6 nitrogen and oxygen atoms in total. The molecule has 1 aliphatic heterocycles. The van der Waals surface area contributed by atoms with Crippen LogP contribution >= 0.6 is 0 Å². The fourth-order valence-corrected chi connectivity index (χ4v) is 2.62. The first-order chi connectivity index (χ1) is 9.79. The van der Waals surface area contributed by atoms with Crippen molar-refractivity contribution in [2.75, 3.05) is 13.1 Å². The van der Waals surface area contributed by atoms with Gasteiger partial charge in [0.05, 0.1) is 0 Å². The van der Waals surface area contributed by atoms with Gasteiger partial charge in [-0.05, 0) is 37.1 Å². The van der Waals surface area contributed by atoms with E-state index in [0.717, 1.165) is 25.1 Å². The summed E-state index contributed by atoms with van der Waals surface area (Å²) in [5.41, 5.74) is 7.35. The quantitative estimate of drug-likeness (QED) is 0.897. The molecule has 0 saturated carbocycles. The molecule has 1 saturated heterocycles. The fraction of sp³-hybridized carbons (Fsp3) is 0.357. The minimum Gasteiger partial charge on any atom is -0.334 e. The van der Waals surface area contributed by atoms with Crippen LogP contribution < -0.4 is 5.73 Å². The third-order valence-electron chi connectivity index (χ3n) is 3.74. The lowest BCUT2D eigenvalue weighted by Gasteiger charge is -2.23. The SMILES string of the molecule is NC[C@@H]1CCCN1C(=O)c1ccc(-n2cnnc2)cc1. The van der Waals surface area contributed by atoms with Crippen molar-refractivity contribution < 1.29 is 4.79 Å². The molecular formula is C14H17N5O. The maximum absolute atomic E-state index is 12.5. The second-order valence-electron chi connectivity index (χ2n) is 4.95. The van der Waals surface area contributed by atoms with Crippen LogP contribution in [0, 0.1) is 0 Å². The summed E-state index contributed by atoms with van der Waals surface area (Å²) in [6.07, 6.45) is 5.29. The largest absolute Gasteiger partial charge is 0.334 e. The van der Waals surface area contributed by atoms with E-state index in [9.17, 15) is 4.79 Å². The van der Waals surface area contributed by atoms with Gasteiger partial charge in [-0.1, -0.05) is 0 Å². The van der Waals surface area contributed by atoms with E-state index < -0.39 is 0 Å². The molecule has 2 heterocycles. The number of carbonyl (C=O) groups is 1. The standard InChI is InChI=1S/C14H17N5O/c15-8-13-2-1-7-19(13)14(20)11-3-5-12(6-4-11)18-9-16-17-10-18/h3-6,9-10,13H,1-2,7-8,15H2/t13-/m0/s1. The zero-order chi connectivity index (χ0) is 13.9. The molecule has 3 rings (SSSR count). The van der Waals surface area contributed by atoms with Gasteiger partial charge in [0, 0.05) is 30.4 Å². The van der Waals surface area contributed by atoms with Gasteiger partial charge in [-0.25, -0.2) is 0 Å². The summed E-state index contributed by atoms with van der Waals surface area (Å²) in [4.78, 5) is 14.3. The van der Waals surface area contributed by atoms with Crippen molar-refractivity contribution in [1.82, 2.24) is 19.7 Å². The fourth-order valence-electron chi connectivity index (χ4n) is 2.62. The van der Waals surface area contributed by atoms with Crippen LogP contribution in [-0.4, -0.2) is 44.7 Å². The summed E-state index contributed by atoms with van der Waals surface area (Å²) in [7, 11) is 0. The van der Waals surface area contributed by atoms with Gasteiger partial charge in [-0.2, -0.15) is 0 Å². The lowest BCUT2D eigenvalue weighted by Crippen LogP contribution is -2.39. The Hall–Kier alpha value is -2.21. The van der Waals surface area contributed by atoms with Crippen LogP contribution in [-0.2, 0) is 0 Å². The second-order valence-corrected chi connectivity index (χ2v) is 4.95. The highest BCUT2D eigenvalue weighted by Crippen LogP contribution is 2.20. The normalized spacial score (nSPS) is 18.4. The number of nitrogens with zero attached hydrogens (tertiary/aromatic N) is 4. The maximum Gasteiger partial charge on any atom is 0.254 e. The van der Waals surface area contributed by atoms with Crippen LogP contribution in [0.5, 0.6) is 0 Å². The van der Waals surface area contributed by atoms with Gasteiger partial charge >= 0.3 is 0 Å². The predicted molar refractivity (Wildman–Crippen MR) is 74.5 cm³/mol. The molecule has 1 amide bonds. The monoisotopic (exact) mass is 271 g/mol. The van der Waals surface area contributed by atoms with Crippen molar-refractivity contribution in [1.29, 1.82) is 0 Å². The summed E-state index contributed by atoms with van der Waals surface area (Å²) in [6.45, 7) is 1.33. The number of hydrogen-bond acceptors (Lipinski definition) is 4. The topological polar surface area (TPSA) is 77.0 Å². The van der Waals surface area contributed by atoms with E-state index in [1.54, 1.807) is 17.2 Å². The first kappa shape index (κ1) is 12.8. The van der Waals surface area contributed by atoms with E-state index in [4.69, 9.17) is 5.73 Å². The average molecular weight is 271 g/mol. The molecule has 0 spiro atoms. The summed E-state index contributed by atoms with van der Waals surface area (Å²) in [5, 5.41) is 7.53. The predicted octanol–water partition coefficient (Wildman–Crippen LogP) is 0.831. The lowest BCUT2D eigenvalue weighted by molar-refractivity contribution is 0.0741. The van der Waals surface area contributed by atoms with E-state index in [1.807, 2.05) is 29.2 Å². The Morgan fingerprint density at radius 1 is 1.25 bits per heavy atom. The number of aromatic nitrogens is 3. The van der Waals surface area contributed by atoms with Crippen LogP contribution in [0.15, 0.2) is 36.9 Å². The van der Waals surface area contributed by atoms with Crippen molar-refractivity contribution in [2.24, 2.45) is 5.73 Å². The average Bonchev–Trinajstić information content (AvgIpc) is 3.17. The van der Waals surface area contributed by atoms with Gasteiger partial charge < -0.3 is 10.6 Å². The number of likely N-dealkylation sites (tertiary alicyclic amines) is 1. The Bertz CT molecular complexity index is 578. The number of hydrogen-bond donors (Lipinski definition) is 1. The lowest BCUT2D eigenvalue weighted by atomic mass is 10.1. The summed E-state index contributed by atoms with van der Waals surface area (Å²) >= 11 is 0. The number of benzene rings is 1. The second kappa shape index (κ2) is 5.42. The highest BCUT2D eigenvalue weighted by molar-refractivity contribution is 5.94. The zero-order valence-electron chi connectivity index (χ0n) is 11.1. The molecule has 1 atom stereocenters. The zero-order valence-corrected chi connectivity index (χ0v) is 11.1. The highest BCUT2D eigenvalue weighted by Gasteiger charge is 2.28. The summed E-state index contributed by atoms with van der Waals surface area (Å²) in [5.74, 6) is 0.0632. The Labute approximate surface area is 117 Å². The van der Waals surface area contributed by atoms with Crippen molar-refractivity contribution in [2.45, 2.75) is 18.9 Å². The molecule has 0 bridgehead atoms. The molecular weight excluding hydrogens is 254 g/mol. The Morgan fingerprint density at radius 3 is 2.60 bits per heavy atom. The van der Waals surface area contributed by atoms with E-state index in [0.29, 0.717) is 12.1 Å². The van der Waals surface area contributed by atoms with Gasteiger partial charge in [0.1, 0.15) is 12.7 Å². The van der Waals surface area contributed by atoms with E-state index in [1.165, 1.54) is 0 Å². The molecule has 2 N–H and O–H groups in total. The minimum atomic E-state index is 0.0632. The Kier molecular flexibility index (Phi) is 3.47. The van der Waals surface area contributed by atoms with E-state index in [-0.39, 0.29) is 11.9 Å². The summed E-state index contributed by atoms with van der Waals surface area (Å²) in [6, 6.07) is 7.64. The molecule has 0 unspecified atom stereocenters. The maximum atomic E-state index is 12.5. The van der Waals surface area contributed by atoms with E-state index in [2.05, 4.69) is 10.2 Å². The Morgan fingerprint density at radius 2 is 1.95 bits per heavy atom. The van der Waals surface area contributed by atoms with Gasteiger partial charge in [0.2, 0.25) is 0 Å². The van der Waals surface area contributed by atoms with Gasteiger partial charge in [-0.15, -0.1) is 10.2 Å². The van der Waals surface area contributed by atoms with Crippen LogP contribution in [0.25, 0.3) is 5.69 Å². The first-order valence-corrected chi connectivity index (χ1v) is 6.75. The molecule has 2 aromatic rings. The molecule has 1 aromatic carbocycles. The third-order valence-corrected chi connectivity index (χ3v) is 3.74. The number of carbonyl (C=O) groups excluding carboxylic acids is 1. The molecule has 1 fully saturated rings. The summed E-state index contributed by atoms with van der Waals surface area (Å²) < 4.78 is 1.80. The van der Waals surface area contributed by atoms with Crippen LogP contribution in [0.2, 0.25) is 0 Å². The molecule has 1 aliphatic rings. The van der Waals surface area contributed by atoms with Crippen molar-refractivity contribution in [3.63, 3.8) is 0 Å². The van der Waals surface area contributed by atoms with Crippen LogP contribution in [0.3, 0.4) is 0 Å². The van der Waals surface area contributed by atoms with Crippen molar-refractivity contribution in [3.8, 4) is 5.69 Å². The molecule has 104 valence electrons. The van der Waals surface area contributed by atoms with Gasteiger partial charge in [0.15, 0.2) is 0 Å². The minimum absolute atomic E-state index is 0.0632.